The number of nitrogens with one attached hydrogen (secondary N) is 2. The molecule has 3 N–H and O–H groups in total. The Bertz CT molecular complexity index is 776. The van der Waals surface area contributed by atoms with E-state index in [-0.39, 0.29) is 5.75 Å². The van der Waals surface area contributed by atoms with E-state index in [4.69, 9.17) is 9.47 Å². The average molecular weight is 390 g/mol. The second-order valence-corrected chi connectivity index (χ2v) is 6.47. The standard InChI is InChI=1S/C20H31N5O3/c1-6-21-20(22-8-7-9-25-15(3)10-14(2)24-25)23-13-16-11-17(27-4)19(26)18(12-16)28-5/h10-12,26H,6-9,13H2,1-5H3,(H2,21,22,23). The number of aromatic nitrogens is 2. The van der Waals surface area contributed by atoms with Crippen LogP contribution in [0.3, 0.4) is 0 Å². The highest BCUT2D eigenvalue weighted by Crippen LogP contribution is 2.37. The van der Waals surface area contributed by atoms with Crippen LogP contribution in [0.4, 0.5) is 0 Å². The zero-order valence-electron chi connectivity index (χ0n) is 17.4. The molecule has 154 valence electrons. The molecule has 28 heavy (non-hydrogen) atoms. The zero-order valence-corrected chi connectivity index (χ0v) is 17.4. The van der Waals surface area contributed by atoms with Crippen LogP contribution in [0.2, 0.25) is 0 Å². The van der Waals surface area contributed by atoms with Crippen molar-refractivity contribution in [3.05, 3.63) is 35.2 Å². The lowest BCUT2D eigenvalue weighted by molar-refractivity contribution is 0.339. The van der Waals surface area contributed by atoms with Crippen LogP contribution in [0.25, 0.3) is 0 Å². The third-order valence-corrected chi connectivity index (χ3v) is 4.25. The molecule has 0 atom stereocenters. The van der Waals surface area contributed by atoms with Crippen molar-refractivity contribution in [2.45, 2.75) is 40.3 Å². The molecule has 0 saturated heterocycles. The van der Waals surface area contributed by atoms with E-state index < -0.39 is 0 Å². The molecule has 0 unspecified atom stereocenters. The summed E-state index contributed by atoms with van der Waals surface area (Å²) >= 11 is 0. The summed E-state index contributed by atoms with van der Waals surface area (Å²) in [5.41, 5.74) is 3.10. The van der Waals surface area contributed by atoms with Gasteiger partial charge in [0, 0.05) is 25.3 Å². The van der Waals surface area contributed by atoms with Crippen LogP contribution in [0.1, 0.15) is 30.3 Å². The Kier molecular flexibility index (Phi) is 7.98. The Morgan fingerprint density at radius 2 is 1.82 bits per heavy atom. The summed E-state index contributed by atoms with van der Waals surface area (Å²) in [6, 6.07) is 5.60. The number of rotatable bonds is 9. The number of phenolic OH excluding ortho intramolecular Hbond substituents is 1. The van der Waals surface area contributed by atoms with E-state index in [0.29, 0.717) is 18.0 Å². The number of hydrogen-bond acceptors (Lipinski definition) is 5. The lowest BCUT2D eigenvalue weighted by atomic mass is 10.2. The number of guanidine groups is 1. The molecule has 0 aliphatic carbocycles. The first-order chi connectivity index (χ1) is 13.5. The molecular weight excluding hydrogens is 358 g/mol. The van der Waals surface area contributed by atoms with E-state index in [1.165, 1.54) is 19.9 Å². The molecule has 1 heterocycles. The van der Waals surface area contributed by atoms with E-state index in [1.54, 1.807) is 12.1 Å². The Morgan fingerprint density at radius 1 is 1.14 bits per heavy atom. The molecule has 2 rings (SSSR count). The van der Waals surface area contributed by atoms with Gasteiger partial charge in [0.15, 0.2) is 17.5 Å². The van der Waals surface area contributed by atoms with Gasteiger partial charge < -0.3 is 25.2 Å². The molecule has 0 saturated carbocycles. The minimum absolute atomic E-state index is 0.00749. The molecule has 0 radical (unpaired) electrons. The van der Waals surface area contributed by atoms with E-state index in [0.717, 1.165) is 43.3 Å². The molecule has 2 aromatic rings. The summed E-state index contributed by atoms with van der Waals surface area (Å²) in [6.45, 7) is 8.94. The third kappa shape index (κ3) is 5.80. The Labute approximate surface area is 166 Å². The van der Waals surface area contributed by atoms with Crippen LogP contribution in [-0.4, -0.2) is 48.2 Å². The van der Waals surface area contributed by atoms with Crippen molar-refractivity contribution in [1.29, 1.82) is 0 Å². The SMILES string of the molecule is CCNC(=NCc1cc(OC)c(O)c(OC)c1)NCCCn1nc(C)cc1C. The monoisotopic (exact) mass is 389 g/mol. The number of nitrogens with zero attached hydrogens (tertiary/aromatic N) is 3. The maximum Gasteiger partial charge on any atom is 0.200 e. The van der Waals surface area contributed by atoms with Crippen LogP contribution >= 0.6 is 0 Å². The first kappa shape index (κ1) is 21.4. The highest BCUT2D eigenvalue weighted by Gasteiger charge is 2.11. The van der Waals surface area contributed by atoms with Gasteiger partial charge in [0.2, 0.25) is 5.75 Å². The molecule has 0 amide bonds. The molecule has 8 nitrogen and oxygen atoms in total. The number of ether oxygens (including phenoxy) is 2. The summed E-state index contributed by atoms with van der Waals surface area (Å²) in [7, 11) is 3.02. The lowest BCUT2D eigenvalue weighted by Crippen LogP contribution is -2.38. The van der Waals surface area contributed by atoms with Gasteiger partial charge in [-0.2, -0.15) is 5.10 Å². The normalized spacial score (nSPS) is 11.4. The van der Waals surface area contributed by atoms with Crippen LogP contribution in [0.15, 0.2) is 23.2 Å². The number of methoxy groups -OCH3 is 2. The number of benzene rings is 1. The molecule has 8 heteroatoms. The van der Waals surface area contributed by atoms with Crippen molar-refractivity contribution in [2.75, 3.05) is 27.3 Å². The maximum atomic E-state index is 10.0. The van der Waals surface area contributed by atoms with E-state index >= 15 is 0 Å². The van der Waals surface area contributed by atoms with Crippen LogP contribution in [0.5, 0.6) is 17.2 Å². The van der Waals surface area contributed by atoms with Crippen molar-refractivity contribution < 1.29 is 14.6 Å². The van der Waals surface area contributed by atoms with Crippen molar-refractivity contribution >= 4 is 5.96 Å². The van der Waals surface area contributed by atoms with E-state index in [2.05, 4.69) is 33.7 Å². The number of aryl methyl sites for hydroxylation is 3. The average Bonchev–Trinajstić information content (AvgIpc) is 3.00. The fourth-order valence-electron chi connectivity index (χ4n) is 2.89. The molecule has 1 aromatic carbocycles. The predicted octanol–water partition coefficient (Wildman–Crippen LogP) is 2.37. The molecule has 0 fully saturated rings. The summed E-state index contributed by atoms with van der Waals surface area (Å²) < 4.78 is 12.4. The lowest BCUT2D eigenvalue weighted by Gasteiger charge is -2.13. The quantitative estimate of drug-likeness (QED) is 0.346. The highest BCUT2D eigenvalue weighted by atomic mass is 16.5. The van der Waals surface area contributed by atoms with Crippen molar-refractivity contribution in [3.8, 4) is 17.2 Å². The highest BCUT2D eigenvalue weighted by molar-refractivity contribution is 5.79. The fourth-order valence-corrected chi connectivity index (χ4v) is 2.89. The van der Waals surface area contributed by atoms with Gasteiger partial charge >= 0.3 is 0 Å². The molecule has 0 bridgehead atoms. The van der Waals surface area contributed by atoms with Crippen LogP contribution < -0.4 is 20.1 Å². The largest absolute Gasteiger partial charge is 0.502 e. The number of aliphatic imine (C=N–C) groups is 1. The first-order valence-corrected chi connectivity index (χ1v) is 9.45. The van der Waals surface area contributed by atoms with Crippen molar-refractivity contribution in [3.63, 3.8) is 0 Å². The van der Waals surface area contributed by atoms with Crippen LogP contribution in [-0.2, 0) is 13.1 Å². The Hall–Kier alpha value is -2.90. The summed E-state index contributed by atoms with van der Waals surface area (Å²) in [5, 5.41) is 21.1. The van der Waals surface area contributed by atoms with E-state index in [9.17, 15) is 5.11 Å². The Morgan fingerprint density at radius 3 is 2.36 bits per heavy atom. The summed E-state index contributed by atoms with van der Waals surface area (Å²) in [5.74, 6) is 1.47. The smallest absolute Gasteiger partial charge is 0.200 e. The second kappa shape index (κ2) is 10.4. The summed E-state index contributed by atoms with van der Waals surface area (Å²) in [6.07, 6.45) is 0.938. The van der Waals surface area contributed by atoms with Gasteiger partial charge in [-0.1, -0.05) is 0 Å². The molecule has 0 aliphatic rings. The first-order valence-electron chi connectivity index (χ1n) is 9.45. The van der Waals surface area contributed by atoms with Crippen LogP contribution in [0, 0.1) is 13.8 Å². The minimum atomic E-state index is -0.00749. The van der Waals surface area contributed by atoms with Gasteiger partial charge in [0.1, 0.15) is 0 Å². The third-order valence-electron chi connectivity index (χ3n) is 4.25. The van der Waals surface area contributed by atoms with Gasteiger partial charge in [-0.25, -0.2) is 4.99 Å². The van der Waals surface area contributed by atoms with Gasteiger partial charge in [0.25, 0.3) is 0 Å². The van der Waals surface area contributed by atoms with Crippen molar-refractivity contribution in [1.82, 2.24) is 20.4 Å². The molecule has 0 spiro atoms. The van der Waals surface area contributed by atoms with Gasteiger partial charge in [-0.3, -0.25) is 4.68 Å². The second-order valence-electron chi connectivity index (χ2n) is 6.47. The van der Waals surface area contributed by atoms with Gasteiger partial charge in [-0.05, 0) is 51.0 Å². The van der Waals surface area contributed by atoms with E-state index in [1.807, 2.05) is 18.5 Å². The molecule has 1 aromatic heterocycles. The van der Waals surface area contributed by atoms with Gasteiger partial charge in [0.05, 0.1) is 26.5 Å². The van der Waals surface area contributed by atoms with Crippen molar-refractivity contribution in [2.24, 2.45) is 4.99 Å². The minimum Gasteiger partial charge on any atom is -0.502 e. The molecular formula is C20H31N5O3. The maximum absolute atomic E-state index is 10.0. The Balaban J connectivity index is 1.95. The summed E-state index contributed by atoms with van der Waals surface area (Å²) in [4.78, 5) is 4.61. The zero-order chi connectivity index (χ0) is 20.5. The number of aromatic hydroxyl groups is 1. The predicted molar refractivity (Wildman–Crippen MR) is 110 cm³/mol. The topological polar surface area (TPSA) is 92.9 Å². The number of hydrogen-bond donors (Lipinski definition) is 3. The van der Waals surface area contributed by atoms with Gasteiger partial charge in [-0.15, -0.1) is 0 Å². The fraction of sp³-hybridized carbons (Fsp3) is 0.500. The number of phenols is 1. The molecule has 0 aliphatic heterocycles.